The van der Waals surface area contributed by atoms with Gasteiger partial charge < -0.3 is 10.3 Å². The van der Waals surface area contributed by atoms with E-state index in [1.165, 1.54) is 6.07 Å². The average molecular weight is 355 g/mol. The number of para-hydroxylation sites is 1. The molecule has 0 atom stereocenters. The van der Waals surface area contributed by atoms with Crippen LogP contribution in [-0.4, -0.2) is 29.6 Å². The van der Waals surface area contributed by atoms with Crippen LogP contribution in [0.3, 0.4) is 0 Å². The SMILES string of the molecule is O=C(CNC(=O)c1cccc(Cl)c1)N/N=C\c1c[nH]c2ccccc12. The molecule has 1 aromatic heterocycles. The molecule has 0 aliphatic rings. The number of nitrogens with zero attached hydrogens (tertiary/aromatic N) is 1. The van der Waals surface area contributed by atoms with Crippen molar-refractivity contribution in [2.45, 2.75) is 0 Å². The fraction of sp³-hybridized carbons (Fsp3) is 0.0556. The maximum Gasteiger partial charge on any atom is 0.259 e. The summed E-state index contributed by atoms with van der Waals surface area (Å²) in [5.74, 6) is -0.801. The van der Waals surface area contributed by atoms with E-state index in [0.717, 1.165) is 16.5 Å². The molecule has 2 amide bonds. The highest BCUT2D eigenvalue weighted by atomic mass is 35.5. The molecule has 7 heteroatoms. The number of carbonyl (C=O) groups excluding carboxylic acids is 2. The number of hydrogen-bond acceptors (Lipinski definition) is 3. The summed E-state index contributed by atoms with van der Waals surface area (Å²) in [5, 5.41) is 7.89. The summed E-state index contributed by atoms with van der Waals surface area (Å²) in [6, 6.07) is 14.3. The molecule has 0 aliphatic carbocycles. The van der Waals surface area contributed by atoms with Gasteiger partial charge in [0.2, 0.25) is 0 Å². The number of fused-ring (bicyclic) bond motifs is 1. The number of benzene rings is 2. The zero-order chi connectivity index (χ0) is 17.6. The highest BCUT2D eigenvalue weighted by molar-refractivity contribution is 6.31. The third-order valence-electron chi connectivity index (χ3n) is 3.51. The number of hydrazone groups is 1. The number of amides is 2. The maximum atomic E-state index is 11.9. The van der Waals surface area contributed by atoms with Gasteiger partial charge in [-0.1, -0.05) is 35.9 Å². The molecule has 2 aromatic carbocycles. The first-order valence-electron chi connectivity index (χ1n) is 7.55. The van der Waals surface area contributed by atoms with Gasteiger partial charge in [-0.15, -0.1) is 0 Å². The second-order valence-electron chi connectivity index (χ2n) is 5.28. The van der Waals surface area contributed by atoms with Crippen LogP contribution in [0.4, 0.5) is 0 Å². The molecule has 0 radical (unpaired) electrons. The molecule has 0 bridgehead atoms. The molecule has 0 aliphatic heterocycles. The molecular weight excluding hydrogens is 340 g/mol. The van der Waals surface area contributed by atoms with Crippen LogP contribution in [0.5, 0.6) is 0 Å². The summed E-state index contributed by atoms with van der Waals surface area (Å²) < 4.78 is 0. The van der Waals surface area contributed by atoms with Gasteiger partial charge in [0.05, 0.1) is 12.8 Å². The first kappa shape index (κ1) is 16.7. The third kappa shape index (κ3) is 4.24. The molecule has 1 heterocycles. The monoisotopic (exact) mass is 354 g/mol. The maximum absolute atomic E-state index is 11.9. The lowest BCUT2D eigenvalue weighted by Crippen LogP contribution is -2.34. The summed E-state index contributed by atoms with van der Waals surface area (Å²) in [4.78, 5) is 26.8. The number of carbonyl (C=O) groups is 2. The highest BCUT2D eigenvalue weighted by Gasteiger charge is 2.08. The highest BCUT2D eigenvalue weighted by Crippen LogP contribution is 2.15. The lowest BCUT2D eigenvalue weighted by atomic mass is 10.2. The average Bonchev–Trinajstić information content (AvgIpc) is 3.03. The molecule has 3 N–H and O–H groups in total. The fourth-order valence-corrected chi connectivity index (χ4v) is 2.50. The summed E-state index contributed by atoms with van der Waals surface area (Å²) in [7, 11) is 0. The van der Waals surface area contributed by atoms with Crippen molar-refractivity contribution < 1.29 is 9.59 Å². The minimum absolute atomic E-state index is 0.184. The smallest absolute Gasteiger partial charge is 0.259 e. The Bertz CT molecular complexity index is 949. The second-order valence-corrected chi connectivity index (χ2v) is 5.71. The predicted octanol–water partition coefficient (Wildman–Crippen LogP) is 2.70. The summed E-state index contributed by atoms with van der Waals surface area (Å²) in [6.07, 6.45) is 3.36. The van der Waals surface area contributed by atoms with E-state index in [1.54, 1.807) is 30.6 Å². The lowest BCUT2D eigenvalue weighted by Gasteiger charge is -2.04. The van der Waals surface area contributed by atoms with Gasteiger partial charge in [-0.05, 0) is 24.3 Å². The van der Waals surface area contributed by atoms with E-state index in [2.05, 4.69) is 20.8 Å². The predicted molar refractivity (Wildman–Crippen MR) is 97.8 cm³/mol. The number of nitrogens with one attached hydrogen (secondary N) is 3. The molecule has 0 spiro atoms. The summed E-state index contributed by atoms with van der Waals surface area (Å²) >= 11 is 5.83. The normalized spacial score (nSPS) is 10.9. The van der Waals surface area contributed by atoms with Crippen molar-refractivity contribution in [2.75, 3.05) is 6.54 Å². The van der Waals surface area contributed by atoms with Crippen LogP contribution in [0.2, 0.25) is 5.02 Å². The first-order valence-corrected chi connectivity index (χ1v) is 7.93. The molecule has 25 heavy (non-hydrogen) atoms. The Balaban J connectivity index is 1.52. The Morgan fingerprint density at radius 3 is 2.84 bits per heavy atom. The molecule has 6 nitrogen and oxygen atoms in total. The van der Waals surface area contributed by atoms with Crippen LogP contribution in [0.25, 0.3) is 10.9 Å². The topological polar surface area (TPSA) is 86.3 Å². The van der Waals surface area contributed by atoms with Crippen LogP contribution in [0.1, 0.15) is 15.9 Å². The van der Waals surface area contributed by atoms with E-state index < -0.39 is 5.91 Å². The van der Waals surface area contributed by atoms with Gasteiger partial charge in [-0.3, -0.25) is 9.59 Å². The summed E-state index contributed by atoms with van der Waals surface area (Å²) in [6.45, 7) is -0.184. The fourth-order valence-electron chi connectivity index (χ4n) is 2.31. The molecule has 126 valence electrons. The number of aromatic amines is 1. The van der Waals surface area contributed by atoms with Crippen LogP contribution >= 0.6 is 11.6 Å². The zero-order valence-electron chi connectivity index (χ0n) is 13.1. The van der Waals surface area contributed by atoms with Gasteiger partial charge in [0.25, 0.3) is 11.8 Å². The van der Waals surface area contributed by atoms with Crippen LogP contribution < -0.4 is 10.7 Å². The van der Waals surface area contributed by atoms with E-state index in [0.29, 0.717) is 10.6 Å². The van der Waals surface area contributed by atoms with Crippen LogP contribution in [-0.2, 0) is 4.79 Å². The van der Waals surface area contributed by atoms with Crippen molar-refractivity contribution in [3.05, 3.63) is 70.9 Å². The molecule has 0 saturated heterocycles. The molecule has 3 rings (SSSR count). The number of aromatic nitrogens is 1. The second kappa shape index (κ2) is 7.63. The molecule has 0 saturated carbocycles. The Hall–Kier alpha value is -3.12. The minimum atomic E-state index is -0.425. The number of H-pyrrole nitrogens is 1. The van der Waals surface area contributed by atoms with Crippen molar-refractivity contribution >= 4 is 40.5 Å². The quantitative estimate of drug-likeness (QED) is 0.486. The van der Waals surface area contributed by atoms with Crippen LogP contribution in [0.15, 0.2) is 59.8 Å². The van der Waals surface area contributed by atoms with E-state index >= 15 is 0 Å². The Kier molecular flexibility index (Phi) is 5.11. The van der Waals surface area contributed by atoms with Gasteiger partial charge in [0.1, 0.15) is 0 Å². The van der Waals surface area contributed by atoms with Gasteiger partial charge >= 0.3 is 0 Å². The largest absolute Gasteiger partial charge is 0.361 e. The van der Waals surface area contributed by atoms with Crippen molar-refractivity contribution in [3.8, 4) is 0 Å². The Morgan fingerprint density at radius 2 is 2.00 bits per heavy atom. The standard InChI is InChI=1S/C18H15ClN4O2/c19-14-5-3-4-12(8-14)18(25)21-11-17(24)23-22-10-13-9-20-16-7-2-1-6-15(13)16/h1-10,20H,11H2,(H,21,25)(H,23,24)/b22-10-. The van der Waals surface area contributed by atoms with E-state index in [-0.39, 0.29) is 12.5 Å². The van der Waals surface area contributed by atoms with Crippen molar-refractivity contribution in [1.82, 2.24) is 15.7 Å². The van der Waals surface area contributed by atoms with Gasteiger partial charge in [0, 0.05) is 33.2 Å². The number of rotatable bonds is 5. The Labute approximate surface area is 148 Å². The van der Waals surface area contributed by atoms with Crippen molar-refractivity contribution in [1.29, 1.82) is 0 Å². The molecule has 3 aromatic rings. The van der Waals surface area contributed by atoms with Crippen molar-refractivity contribution in [2.24, 2.45) is 5.10 Å². The van der Waals surface area contributed by atoms with E-state index in [4.69, 9.17) is 11.6 Å². The Morgan fingerprint density at radius 1 is 1.16 bits per heavy atom. The molecular formula is C18H15ClN4O2. The van der Waals surface area contributed by atoms with Crippen LogP contribution in [0, 0.1) is 0 Å². The summed E-state index contributed by atoms with van der Waals surface area (Å²) in [5.41, 5.74) is 4.62. The van der Waals surface area contributed by atoms with Gasteiger partial charge in [0.15, 0.2) is 0 Å². The number of halogens is 1. The van der Waals surface area contributed by atoms with Gasteiger partial charge in [-0.2, -0.15) is 5.10 Å². The van der Waals surface area contributed by atoms with E-state index in [1.807, 2.05) is 24.3 Å². The van der Waals surface area contributed by atoms with E-state index in [9.17, 15) is 9.59 Å². The third-order valence-corrected chi connectivity index (χ3v) is 3.75. The number of hydrogen-bond donors (Lipinski definition) is 3. The molecule has 0 unspecified atom stereocenters. The zero-order valence-corrected chi connectivity index (χ0v) is 13.9. The van der Waals surface area contributed by atoms with Crippen molar-refractivity contribution in [3.63, 3.8) is 0 Å². The molecule has 0 fully saturated rings. The minimum Gasteiger partial charge on any atom is -0.361 e. The van der Waals surface area contributed by atoms with Gasteiger partial charge in [-0.25, -0.2) is 5.43 Å². The first-order chi connectivity index (χ1) is 12.1. The lowest BCUT2D eigenvalue weighted by molar-refractivity contribution is -0.120.